The van der Waals surface area contributed by atoms with E-state index in [0.717, 1.165) is 25.9 Å². The van der Waals surface area contributed by atoms with Crippen LogP contribution in [0.15, 0.2) is 0 Å². The van der Waals surface area contributed by atoms with Crippen LogP contribution in [0.4, 0.5) is 0 Å². The molecular formula is C9H26N4. The second-order valence-corrected chi connectivity index (χ2v) is 3.20. The van der Waals surface area contributed by atoms with Crippen LogP contribution in [0.25, 0.3) is 0 Å². The lowest BCUT2D eigenvalue weighted by Crippen LogP contribution is -2.25. The summed E-state index contributed by atoms with van der Waals surface area (Å²) in [6, 6.07) is 0.162. The molecule has 0 heterocycles. The third kappa shape index (κ3) is 24.5. The SMILES string of the molecule is CC(N)CN.NCCCCCCN. The first-order valence-corrected chi connectivity index (χ1v) is 5.04. The molecule has 0 aromatic heterocycles. The van der Waals surface area contributed by atoms with Crippen LogP contribution in [0.1, 0.15) is 32.6 Å². The van der Waals surface area contributed by atoms with E-state index >= 15 is 0 Å². The minimum Gasteiger partial charge on any atom is -0.330 e. The van der Waals surface area contributed by atoms with E-state index in [1.165, 1.54) is 12.8 Å². The Morgan fingerprint density at radius 2 is 1.15 bits per heavy atom. The molecule has 13 heavy (non-hydrogen) atoms. The van der Waals surface area contributed by atoms with Gasteiger partial charge in [0.2, 0.25) is 0 Å². The Morgan fingerprint density at radius 3 is 1.31 bits per heavy atom. The van der Waals surface area contributed by atoms with Gasteiger partial charge in [-0.3, -0.25) is 0 Å². The highest BCUT2D eigenvalue weighted by atomic mass is 14.7. The molecule has 8 N–H and O–H groups in total. The molecule has 82 valence electrons. The molecule has 4 heteroatoms. The van der Waals surface area contributed by atoms with Crippen molar-refractivity contribution in [3.8, 4) is 0 Å². The van der Waals surface area contributed by atoms with Crippen LogP contribution < -0.4 is 22.9 Å². The first-order chi connectivity index (χ1) is 6.18. The van der Waals surface area contributed by atoms with E-state index in [4.69, 9.17) is 22.9 Å². The van der Waals surface area contributed by atoms with Crippen molar-refractivity contribution in [2.45, 2.75) is 38.6 Å². The maximum atomic E-state index is 5.28. The molecule has 0 aliphatic rings. The molecule has 4 nitrogen and oxygen atoms in total. The fourth-order valence-corrected chi connectivity index (χ4v) is 0.642. The highest BCUT2D eigenvalue weighted by Gasteiger charge is 1.83. The lowest BCUT2D eigenvalue weighted by atomic mass is 10.2. The van der Waals surface area contributed by atoms with Gasteiger partial charge < -0.3 is 22.9 Å². The molecular weight excluding hydrogens is 164 g/mol. The minimum absolute atomic E-state index is 0.162. The molecule has 0 aliphatic heterocycles. The molecule has 0 bridgehead atoms. The van der Waals surface area contributed by atoms with Crippen molar-refractivity contribution in [1.82, 2.24) is 0 Å². The van der Waals surface area contributed by atoms with Gasteiger partial charge >= 0.3 is 0 Å². The largest absolute Gasteiger partial charge is 0.330 e. The van der Waals surface area contributed by atoms with Gasteiger partial charge in [-0.25, -0.2) is 0 Å². The van der Waals surface area contributed by atoms with Gasteiger partial charge in [-0.15, -0.1) is 0 Å². The maximum absolute atomic E-state index is 5.28. The number of hydrogen-bond acceptors (Lipinski definition) is 4. The van der Waals surface area contributed by atoms with Crippen molar-refractivity contribution in [3.63, 3.8) is 0 Å². The predicted molar refractivity (Wildman–Crippen MR) is 59.3 cm³/mol. The van der Waals surface area contributed by atoms with Gasteiger partial charge in [0.15, 0.2) is 0 Å². The van der Waals surface area contributed by atoms with Crippen molar-refractivity contribution in [1.29, 1.82) is 0 Å². The van der Waals surface area contributed by atoms with Gasteiger partial charge in [-0.05, 0) is 32.9 Å². The van der Waals surface area contributed by atoms with E-state index in [-0.39, 0.29) is 6.04 Å². The van der Waals surface area contributed by atoms with Crippen molar-refractivity contribution in [2.24, 2.45) is 22.9 Å². The first kappa shape index (κ1) is 15.3. The molecule has 1 atom stereocenters. The lowest BCUT2D eigenvalue weighted by Gasteiger charge is -1.94. The monoisotopic (exact) mass is 190 g/mol. The number of unbranched alkanes of at least 4 members (excludes halogenated alkanes) is 3. The molecule has 0 rings (SSSR count). The quantitative estimate of drug-likeness (QED) is 0.434. The van der Waals surface area contributed by atoms with Crippen LogP contribution in [0.5, 0.6) is 0 Å². The third-order valence-electron chi connectivity index (χ3n) is 1.53. The second-order valence-electron chi connectivity index (χ2n) is 3.20. The van der Waals surface area contributed by atoms with Crippen LogP contribution in [0.3, 0.4) is 0 Å². The molecule has 0 radical (unpaired) electrons. The van der Waals surface area contributed by atoms with Crippen molar-refractivity contribution in [2.75, 3.05) is 19.6 Å². The highest BCUT2D eigenvalue weighted by Crippen LogP contribution is 1.95. The Hall–Kier alpha value is -0.160. The first-order valence-electron chi connectivity index (χ1n) is 5.04. The molecule has 0 aromatic rings. The minimum atomic E-state index is 0.162. The lowest BCUT2D eigenvalue weighted by molar-refractivity contribution is 0.653. The summed E-state index contributed by atoms with van der Waals surface area (Å²) in [5.74, 6) is 0. The zero-order valence-electron chi connectivity index (χ0n) is 8.84. The highest BCUT2D eigenvalue weighted by molar-refractivity contribution is 4.48. The van der Waals surface area contributed by atoms with E-state index in [1.807, 2.05) is 6.92 Å². The van der Waals surface area contributed by atoms with Gasteiger partial charge in [-0.2, -0.15) is 0 Å². The van der Waals surface area contributed by atoms with Crippen LogP contribution in [0.2, 0.25) is 0 Å². The van der Waals surface area contributed by atoms with E-state index in [1.54, 1.807) is 0 Å². The summed E-state index contributed by atoms with van der Waals surface area (Å²) in [4.78, 5) is 0. The molecule has 1 unspecified atom stereocenters. The standard InChI is InChI=1S/C6H16N2.C3H10N2/c7-5-3-1-2-4-6-8;1-3(5)2-4/h1-8H2;3H,2,4-5H2,1H3. The van der Waals surface area contributed by atoms with Crippen LogP contribution >= 0.6 is 0 Å². The molecule has 0 aromatic carbocycles. The Labute approximate surface area is 82.0 Å². The van der Waals surface area contributed by atoms with Crippen LogP contribution in [-0.4, -0.2) is 25.7 Å². The maximum Gasteiger partial charge on any atom is 0.0134 e. The van der Waals surface area contributed by atoms with Gasteiger partial charge in [0.1, 0.15) is 0 Å². The zero-order valence-corrected chi connectivity index (χ0v) is 8.84. The summed E-state index contributed by atoms with van der Waals surface area (Å²) in [5.41, 5.74) is 20.8. The summed E-state index contributed by atoms with van der Waals surface area (Å²) < 4.78 is 0. The fraction of sp³-hybridized carbons (Fsp3) is 1.00. The fourth-order valence-electron chi connectivity index (χ4n) is 0.642. The Morgan fingerprint density at radius 1 is 0.846 bits per heavy atom. The van der Waals surface area contributed by atoms with E-state index in [0.29, 0.717) is 6.54 Å². The number of rotatable bonds is 6. The van der Waals surface area contributed by atoms with Gasteiger partial charge in [0.05, 0.1) is 0 Å². The van der Waals surface area contributed by atoms with Gasteiger partial charge in [0, 0.05) is 12.6 Å². The van der Waals surface area contributed by atoms with E-state index in [9.17, 15) is 0 Å². The van der Waals surface area contributed by atoms with Crippen molar-refractivity contribution < 1.29 is 0 Å². The average Bonchev–Trinajstić information content (AvgIpc) is 2.14. The number of nitrogens with two attached hydrogens (primary N) is 4. The Bertz CT molecular complexity index is 70.0. The summed E-state index contributed by atoms with van der Waals surface area (Å²) in [7, 11) is 0. The van der Waals surface area contributed by atoms with Gasteiger partial charge in [-0.1, -0.05) is 12.8 Å². The zero-order chi connectivity index (χ0) is 10.5. The summed E-state index contributed by atoms with van der Waals surface area (Å²) in [6.07, 6.45) is 4.79. The smallest absolute Gasteiger partial charge is 0.0134 e. The second kappa shape index (κ2) is 14.4. The molecule has 0 saturated carbocycles. The van der Waals surface area contributed by atoms with E-state index in [2.05, 4.69) is 0 Å². The predicted octanol–water partition coefficient (Wildman–Crippen LogP) is -0.243. The normalized spacial score (nSPS) is 11.8. The van der Waals surface area contributed by atoms with Crippen molar-refractivity contribution in [3.05, 3.63) is 0 Å². The topological polar surface area (TPSA) is 104 Å². The van der Waals surface area contributed by atoms with Gasteiger partial charge in [0.25, 0.3) is 0 Å². The Kier molecular flexibility index (Phi) is 16.9. The molecule has 0 spiro atoms. The molecule has 0 aliphatic carbocycles. The summed E-state index contributed by atoms with van der Waals surface area (Å²) >= 11 is 0. The van der Waals surface area contributed by atoms with Crippen LogP contribution in [-0.2, 0) is 0 Å². The summed E-state index contributed by atoms with van der Waals surface area (Å²) in [5, 5.41) is 0. The third-order valence-corrected chi connectivity index (χ3v) is 1.53. The van der Waals surface area contributed by atoms with Crippen LogP contribution in [0, 0.1) is 0 Å². The van der Waals surface area contributed by atoms with E-state index < -0.39 is 0 Å². The summed E-state index contributed by atoms with van der Waals surface area (Å²) in [6.45, 7) is 4.11. The average molecular weight is 190 g/mol. The van der Waals surface area contributed by atoms with Crippen molar-refractivity contribution >= 4 is 0 Å². The number of hydrogen-bond donors (Lipinski definition) is 4. The Balaban J connectivity index is 0. The molecule has 0 saturated heterocycles. The molecule has 0 fully saturated rings. The molecule has 0 amide bonds.